The molecule has 3 heterocycles. The molecule has 1 amide bonds. The first-order valence-electron chi connectivity index (χ1n) is 8.44. The molecule has 0 spiro atoms. The second-order valence-corrected chi connectivity index (χ2v) is 6.85. The number of nitrogens with zero attached hydrogens (tertiary/aromatic N) is 4. The zero-order valence-electron chi connectivity index (χ0n) is 13.4. The van der Waals surface area contributed by atoms with Crippen molar-refractivity contribution in [2.45, 2.75) is 38.5 Å². The van der Waals surface area contributed by atoms with Crippen LogP contribution in [0.3, 0.4) is 0 Å². The van der Waals surface area contributed by atoms with Crippen molar-refractivity contribution < 1.29 is 4.79 Å². The van der Waals surface area contributed by atoms with Gasteiger partial charge in [-0.25, -0.2) is 9.97 Å². The number of likely N-dealkylation sites (tertiary alicyclic amines) is 1. The van der Waals surface area contributed by atoms with E-state index in [1.54, 1.807) is 0 Å². The van der Waals surface area contributed by atoms with Crippen LogP contribution in [0.25, 0.3) is 0 Å². The van der Waals surface area contributed by atoms with Crippen LogP contribution in [0, 0.1) is 5.92 Å². The molecule has 0 radical (unpaired) electrons. The molecule has 0 aromatic carbocycles. The topological polar surface area (TPSA) is 75.3 Å². The molecule has 1 aromatic heterocycles. The molecule has 2 aliphatic heterocycles. The number of hydrogen-bond acceptors (Lipinski definition) is 5. The second kappa shape index (κ2) is 7.34. The zero-order chi connectivity index (χ0) is 16.2. The van der Waals surface area contributed by atoms with Crippen LogP contribution in [0.1, 0.15) is 38.5 Å². The maximum absolute atomic E-state index is 12.3. The van der Waals surface area contributed by atoms with Gasteiger partial charge in [-0.1, -0.05) is 11.6 Å². The number of carbonyl (C=O) groups is 1. The normalized spacial score (nSPS) is 22.2. The van der Waals surface area contributed by atoms with Gasteiger partial charge in [0.15, 0.2) is 5.82 Å². The summed E-state index contributed by atoms with van der Waals surface area (Å²) >= 11 is 6.23. The SMILES string of the molecule is Nc1ncnc(N2CCC[C@H](CC(=O)N3CCCC3)CC2)c1Cl. The lowest BCUT2D eigenvalue weighted by Crippen LogP contribution is -2.30. The summed E-state index contributed by atoms with van der Waals surface area (Å²) in [6.07, 6.45) is 7.53. The molecule has 6 nitrogen and oxygen atoms in total. The number of carbonyl (C=O) groups excluding carboxylic acids is 1. The summed E-state index contributed by atoms with van der Waals surface area (Å²) in [4.78, 5) is 24.7. The first kappa shape index (κ1) is 16.3. The maximum atomic E-state index is 12.3. The largest absolute Gasteiger partial charge is 0.382 e. The second-order valence-electron chi connectivity index (χ2n) is 6.47. The van der Waals surface area contributed by atoms with Crippen LogP contribution in [0.4, 0.5) is 11.6 Å². The molecule has 0 aliphatic carbocycles. The molecular weight excluding hydrogens is 314 g/mol. The lowest BCUT2D eigenvalue weighted by Gasteiger charge is -2.23. The number of aromatic nitrogens is 2. The van der Waals surface area contributed by atoms with Crippen LogP contribution in [0.2, 0.25) is 5.02 Å². The third-order valence-electron chi connectivity index (χ3n) is 4.87. The Labute approximate surface area is 142 Å². The number of nitrogen functional groups attached to an aromatic ring is 1. The molecule has 2 saturated heterocycles. The first-order valence-corrected chi connectivity index (χ1v) is 8.81. The molecule has 23 heavy (non-hydrogen) atoms. The van der Waals surface area contributed by atoms with Crippen molar-refractivity contribution in [3.63, 3.8) is 0 Å². The molecule has 0 bridgehead atoms. The number of anilines is 2. The van der Waals surface area contributed by atoms with Crippen molar-refractivity contribution in [2.75, 3.05) is 36.8 Å². The molecule has 2 fully saturated rings. The molecule has 2 aliphatic rings. The Morgan fingerprint density at radius 1 is 1.17 bits per heavy atom. The van der Waals surface area contributed by atoms with E-state index < -0.39 is 0 Å². The molecule has 126 valence electrons. The molecule has 1 aromatic rings. The summed E-state index contributed by atoms with van der Waals surface area (Å²) in [6, 6.07) is 0. The average Bonchev–Trinajstić information content (AvgIpc) is 2.99. The maximum Gasteiger partial charge on any atom is 0.222 e. The van der Waals surface area contributed by atoms with Gasteiger partial charge in [-0.05, 0) is 38.0 Å². The predicted octanol–water partition coefficient (Wildman–Crippen LogP) is 2.33. The summed E-state index contributed by atoms with van der Waals surface area (Å²) in [5.74, 6) is 1.81. The Hall–Kier alpha value is -1.56. The lowest BCUT2D eigenvalue weighted by atomic mass is 9.96. The highest BCUT2D eigenvalue weighted by Crippen LogP contribution is 2.30. The van der Waals surface area contributed by atoms with Crippen molar-refractivity contribution in [1.29, 1.82) is 0 Å². The lowest BCUT2D eigenvalue weighted by molar-refractivity contribution is -0.131. The van der Waals surface area contributed by atoms with Crippen molar-refractivity contribution in [1.82, 2.24) is 14.9 Å². The van der Waals surface area contributed by atoms with Gasteiger partial charge in [-0.2, -0.15) is 0 Å². The minimum Gasteiger partial charge on any atom is -0.382 e. The van der Waals surface area contributed by atoms with Gasteiger partial charge in [0, 0.05) is 32.6 Å². The summed E-state index contributed by atoms with van der Waals surface area (Å²) < 4.78 is 0. The van der Waals surface area contributed by atoms with E-state index in [9.17, 15) is 4.79 Å². The van der Waals surface area contributed by atoms with Gasteiger partial charge in [-0.3, -0.25) is 4.79 Å². The first-order chi connectivity index (χ1) is 11.1. The smallest absolute Gasteiger partial charge is 0.222 e. The quantitative estimate of drug-likeness (QED) is 0.916. The van der Waals surface area contributed by atoms with Crippen LogP contribution in [-0.2, 0) is 4.79 Å². The molecule has 2 N–H and O–H groups in total. The fourth-order valence-electron chi connectivity index (χ4n) is 3.52. The molecular formula is C16H24ClN5O. The number of nitrogens with two attached hydrogens (primary N) is 1. The highest BCUT2D eigenvalue weighted by Gasteiger charge is 2.25. The minimum atomic E-state index is 0.321. The number of amides is 1. The van der Waals surface area contributed by atoms with E-state index in [1.165, 1.54) is 6.33 Å². The van der Waals surface area contributed by atoms with Crippen molar-refractivity contribution in [3.8, 4) is 0 Å². The average molecular weight is 338 g/mol. The van der Waals surface area contributed by atoms with Gasteiger partial charge in [0.25, 0.3) is 0 Å². The predicted molar refractivity (Wildman–Crippen MR) is 91.4 cm³/mol. The minimum absolute atomic E-state index is 0.321. The van der Waals surface area contributed by atoms with E-state index >= 15 is 0 Å². The van der Waals surface area contributed by atoms with Gasteiger partial charge in [0.05, 0.1) is 0 Å². The summed E-state index contributed by atoms with van der Waals surface area (Å²) in [6.45, 7) is 3.62. The molecule has 0 unspecified atom stereocenters. The number of halogens is 1. The van der Waals surface area contributed by atoms with Crippen LogP contribution < -0.4 is 10.6 Å². The van der Waals surface area contributed by atoms with Crippen LogP contribution in [-0.4, -0.2) is 47.0 Å². The van der Waals surface area contributed by atoms with Gasteiger partial charge < -0.3 is 15.5 Å². The molecule has 0 saturated carbocycles. The summed E-state index contributed by atoms with van der Waals surface area (Å²) in [7, 11) is 0. The van der Waals surface area contributed by atoms with Crippen LogP contribution >= 0.6 is 11.6 Å². The van der Waals surface area contributed by atoms with E-state index in [2.05, 4.69) is 14.9 Å². The van der Waals surface area contributed by atoms with Crippen LogP contribution in [0.5, 0.6) is 0 Å². The third-order valence-corrected chi connectivity index (χ3v) is 5.23. The Bertz CT molecular complexity index is 561. The zero-order valence-corrected chi connectivity index (χ0v) is 14.1. The van der Waals surface area contributed by atoms with Gasteiger partial charge in [0.2, 0.25) is 5.91 Å². The molecule has 7 heteroatoms. The number of hydrogen-bond donors (Lipinski definition) is 1. The summed E-state index contributed by atoms with van der Waals surface area (Å²) in [5, 5.41) is 0.430. The van der Waals surface area contributed by atoms with Crippen molar-refractivity contribution in [2.24, 2.45) is 5.92 Å². The van der Waals surface area contributed by atoms with E-state index in [4.69, 9.17) is 17.3 Å². The van der Waals surface area contributed by atoms with Crippen molar-refractivity contribution >= 4 is 29.1 Å². The van der Waals surface area contributed by atoms with Gasteiger partial charge in [0.1, 0.15) is 17.2 Å². The molecule has 3 rings (SSSR count). The number of rotatable bonds is 3. The van der Waals surface area contributed by atoms with E-state index in [0.717, 1.165) is 58.3 Å². The van der Waals surface area contributed by atoms with Gasteiger partial charge in [-0.15, -0.1) is 0 Å². The monoisotopic (exact) mass is 337 g/mol. The Morgan fingerprint density at radius 2 is 1.96 bits per heavy atom. The highest BCUT2D eigenvalue weighted by atomic mass is 35.5. The third kappa shape index (κ3) is 3.86. The Balaban J connectivity index is 1.58. The van der Waals surface area contributed by atoms with Crippen LogP contribution in [0.15, 0.2) is 6.33 Å². The summed E-state index contributed by atoms with van der Waals surface area (Å²) in [5.41, 5.74) is 5.77. The van der Waals surface area contributed by atoms with E-state index in [0.29, 0.717) is 34.9 Å². The van der Waals surface area contributed by atoms with E-state index in [-0.39, 0.29) is 0 Å². The Morgan fingerprint density at radius 3 is 2.74 bits per heavy atom. The van der Waals surface area contributed by atoms with E-state index in [1.807, 2.05) is 4.90 Å². The fraction of sp³-hybridized carbons (Fsp3) is 0.688. The molecule has 1 atom stereocenters. The standard InChI is InChI=1S/C16H24ClN5O/c17-14-15(18)19-11-20-16(14)22-8-3-4-12(5-9-22)10-13(23)21-6-1-2-7-21/h11-12H,1-10H2,(H2,18,19,20)/t12-/m0/s1. The van der Waals surface area contributed by atoms with Crippen molar-refractivity contribution in [3.05, 3.63) is 11.3 Å². The Kier molecular flexibility index (Phi) is 5.20. The highest BCUT2D eigenvalue weighted by molar-refractivity contribution is 6.35. The van der Waals surface area contributed by atoms with Gasteiger partial charge >= 0.3 is 0 Å². The fourth-order valence-corrected chi connectivity index (χ4v) is 3.74.